The Hall–Kier alpha value is -2.64. The standard InChI is InChI=1S/C21H27N3O4/c1-2-12-26-17-7-3-4-8-18(17)28-21-15(6-5-11-23-21)14-24-20(25)19-10-9-16(13-22)27-19/h3-8,11,16,19H,2,9-10,12-14,22H2,1H3,(H,24,25)/t16-,19+/m1/s1. The number of para-hydroxylation sites is 2. The average molecular weight is 385 g/mol. The summed E-state index contributed by atoms with van der Waals surface area (Å²) in [5.41, 5.74) is 6.38. The molecule has 1 aromatic heterocycles. The number of benzene rings is 1. The van der Waals surface area contributed by atoms with Gasteiger partial charge in [0, 0.05) is 24.8 Å². The van der Waals surface area contributed by atoms with Crippen molar-refractivity contribution >= 4 is 5.91 Å². The lowest BCUT2D eigenvalue weighted by molar-refractivity contribution is -0.132. The van der Waals surface area contributed by atoms with Crippen molar-refractivity contribution in [3.05, 3.63) is 48.2 Å². The highest BCUT2D eigenvalue weighted by atomic mass is 16.5. The Balaban J connectivity index is 1.65. The van der Waals surface area contributed by atoms with E-state index in [0.717, 1.165) is 18.4 Å². The number of pyridine rings is 1. The van der Waals surface area contributed by atoms with Gasteiger partial charge in [-0.25, -0.2) is 4.98 Å². The quantitative estimate of drug-likeness (QED) is 0.689. The highest BCUT2D eigenvalue weighted by Crippen LogP contribution is 2.32. The second-order valence-electron chi connectivity index (χ2n) is 6.64. The Morgan fingerprint density at radius 1 is 1.25 bits per heavy atom. The number of hydrogen-bond donors (Lipinski definition) is 2. The first kappa shape index (κ1) is 20.1. The Kier molecular flexibility index (Phi) is 7.22. The van der Waals surface area contributed by atoms with Gasteiger partial charge in [0.15, 0.2) is 11.5 Å². The topological polar surface area (TPSA) is 95.7 Å². The van der Waals surface area contributed by atoms with Crippen LogP contribution < -0.4 is 20.5 Å². The molecule has 0 unspecified atom stereocenters. The first-order valence-electron chi connectivity index (χ1n) is 9.68. The van der Waals surface area contributed by atoms with Crippen LogP contribution in [-0.4, -0.2) is 36.3 Å². The van der Waals surface area contributed by atoms with Crippen molar-refractivity contribution in [3.63, 3.8) is 0 Å². The maximum Gasteiger partial charge on any atom is 0.249 e. The summed E-state index contributed by atoms with van der Waals surface area (Å²) in [6.45, 7) is 3.39. The Bertz CT molecular complexity index is 784. The molecule has 7 nitrogen and oxygen atoms in total. The number of ether oxygens (including phenoxy) is 3. The minimum Gasteiger partial charge on any atom is -0.490 e. The van der Waals surface area contributed by atoms with Gasteiger partial charge >= 0.3 is 0 Å². The second kappa shape index (κ2) is 10.1. The lowest BCUT2D eigenvalue weighted by Crippen LogP contribution is -2.35. The molecule has 0 spiro atoms. The molecule has 1 aliphatic rings. The van der Waals surface area contributed by atoms with Gasteiger partial charge in [0.25, 0.3) is 0 Å². The van der Waals surface area contributed by atoms with E-state index in [1.807, 2.05) is 43.3 Å². The van der Waals surface area contributed by atoms with Gasteiger partial charge in [0.05, 0.1) is 12.7 Å². The summed E-state index contributed by atoms with van der Waals surface area (Å²) in [4.78, 5) is 16.7. The van der Waals surface area contributed by atoms with E-state index < -0.39 is 6.10 Å². The lowest BCUT2D eigenvalue weighted by atomic mass is 10.2. The summed E-state index contributed by atoms with van der Waals surface area (Å²) in [5.74, 6) is 1.55. The fourth-order valence-corrected chi connectivity index (χ4v) is 2.99. The van der Waals surface area contributed by atoms with Gasteiger partial charge in [-0.3, -0.25) is 4.79 Å². The maximum absolute atomic E-state index is 12.4. The van der Waals surface area contributed by atoms with Crippen LogP contribution >= 0.6 is 0 Å². The summed E-state index contributed by atoms with van der Waals surface area (Å²) in [7, 11) is 0. The molecule has 1 aromatic carbocycles. The average Bonchev–Trinajstić information content (AvgIpc) is 3.22. The summed E-state index contributed by atoms with van der Waals surface area (Å²) >= 11 is 0. The normalized spacial score (nSPS) is 18.6. The molecule has 0 aliphatic carbocycles. The van der Waals surface area contributed by atoms with Crippen LogP contribution in [0.5, 0.6) is 17.4 Å². The Morgan fingerprint density at radius 3 is 2.82 bits per heavy atom. The minimum atomic E-state index is -0.447. The number of nitrogens with two attached hydrogens (primary N) is 1. The molecule has 1 amide bonds. The summed E-state index contributed by atoms with van der Waals surface area (Å²) in [6.07, 6.45) is 3.58. The van der Waals surface area contributed by atoms with Crippen LogP contribution in [0.2, 0.25) is 0 Å². The van der Waals surface area contributed by atoms with E-state index in [1.54, 1.807) is 6.20 Å². The molecule has 28 heavy (non-hydrogen) atoms. The summed E-state index contributed by atoms with van der Waals surface area (Å²) < 4.78 is 17.4. The van der Waals surface area contributed by atoms with Crippen LogP contribution in [-0.2, 0) is 16.1 Å². The zero-order valence-electron chi connectivity index (χ0n) is 16.1. The van der Waals surface area contributed by atoms with Crippen LogP contribution in [0.15, 0.2) is 42.6 Å². The van der Waals surface area contributed by atoms with E-state index in [0.29, 0.717) is 43.5 Å². The van der Waals surface area contributed by atoms with E-state index >= 15 is 0 Å². The SMILES string of the molecule is CCCOc1ccccc1Oc1ncccc1CNC(=O)[C@@H]1CC[C@H](CN)O1. The Morgan fingerprint density at radius 2 is 2.07 bits per heavy atom. The summed E-state index contributed by atoms with van der Waals surface area (Å²) in [5, 5.41) is 2.90. The third-order valence-electron chi connectivity index (χ3n) is 4.48. The van der Waals surface area contributed by atoms with E-state index in [1.165, 1.54) is 0 Å². The zero-order chi connectivity index (χ0) is 19.8. The first-order chi connectivity index (χ1) is 13.7. The van der Waals surface area contributed by atoms with Crippen LogP contribution in [0.25, 0.3) is 0 Å². The number of hydrogen-bond acceptors (Lipinski definition) is 6. The maximum atomic E-state index is 12.4. The third kappa shape index (κ3) is 5.21. The van der Waals surface area contributed by atoms with Crippen LogP contribution in [0.3, 0.4) is 0 Å². The van der Waals surface area contributed by atoms with Gasteiger partial charge in [0.2, 0.25) is 11.8 Å². The van der Waals surface area contributed by atoms with E-state index in [2.05, 4.69) is 10.3 Å². The third-order valence-corrected chi connectivity index (χ3v) is 4.48. The van der Waals surface area contributed by atoms with Crippen LogP contribution in [0.4, 0.5) is 0 Å². The lowest BCUT2D eigenvalue weighted by Gasteiger charge is -2.15. The molecule has 1 aliphatic heterocycles. The minimum absolute atomic E-state index is 0.0346. The van der Waals surface area contributed by atoms with Crippen molar-refractivity contribution in [1.82, 2.24) is 10.3 Å². The fourth-order valence-electron chi connectivity index (χ4n) is 2.99. The molecular weight excluding hydrogens is 358 g/mol. The van der Waals surface area contributed by atoms with Gasteiger partial charge < -0.3 is 25.3 Å². The number of aromatic nitrogens is 1. The molecule has 0 bridgehead atoms. The first-order valence-corrected chi connectivity index (χ1v) is 9.68. The molecule has 0 saturated carbocycles. The van der Waals surface area contributed by atoms with E-state index in [4.69, 9.17) is 19.9 Å². The van der Waals surface area contributed by atoms with Gasteiger partial charge in [0.1, 0.15) is 6.10 Å². The molecule has 7 heteroatoms. The number of rotatable bonds is 9. The predicted octanol–water partition coefficient (Wildman–Crippen LogP) is 2.79. The van der Waals surface area contributed by atoms with E-state index in [-0.39, 0.29) is 12.0 Å². The molecule has 2 atom stereocenters. The van der Waals surface area contributed by atoms with Crippen molar-refractivity contribution in [2.24, 2.45) is 5.73 Å². The van der Waals surface area contributed by atoms with Crippen LogP contribution in [0.1, 0.15) is 31.7 Å². The van der Waals surface area contributed by atoms with Crippen molar-refractivity contribution in [1.29, 1.82) is 0 Å². The zero-order valence-corrected chi connectivity index (χ0v) is 16.1. The molecule has 3 N–H and O–H groups in total. The van der Waals surface area contributed by atoms with Crippen molar-refractivity contribution in [2.45, 2.75) is 44.9 Å². The van der Waals surface area contributed by atoms with Gasteiger partial charge in [-0.05, 0) is 37.5 Å². The highest BCUT2D eigenvalue weighted by Gasteiger charge is 2.29. The molecule has 1 fully saturated rings. The molecule has 150 valence electrons. The van der Waals surface area contributed by atoms with Crippen molar-refractivity contribution in [3.8, 4) is 17.4 Å². The molecule has 3 rings (SSSR count). The number of carbonyl (C=O) groups is 1. The smallest absolute Gasteiger partial charge is 0.249 e. The fraction of sp³-hybridized carbons (Fsp3) is 0.429. The summed E-state index contributed by atoms with van der Waals surface area (Å²) in [6, 6.07) is 11.2. The van der Waals surface area contributed by atoms with Gasteiger partial charge in [-0.2, -0.15) is 0 Å². The predicted molar refractivity (Wildman–Crippen MR) is 105 cm³/mol. The largest absolute Gasteiger partial charge is 0.490 e. The monoisotopic (exact) mass is 385 g/mol. The van der Waals surface area contributed by atoms with Gasteiger partial charge in [-0.1, -0.05) is 25.1 Å². The number of nitrogens with zero attached hydrogens (tertiary/aromatic N) is 1. The van der Waals surface area contributed by atoms with E-state index in [9.17, 15) is 4.79 Å². The highest BCUT2D eigenvalue weighted by molar-refractivity contribution is 5.81. The molecule has 2 heterocycles. The van der Waals surface area contributed by atoms with Crippen molar-refractivity contribution in [2.75, 3.05) is 13.2 Å². The molecular formula is C21H27N3O4. The Labute approximate surface area is 165 Å². The number of amides is 1. The van der Waals surface area contributed by atoms with Crippen LogP contribution in [0, 0.1) is 0 Å². The second-order valence-corrected chi connectivity index (χ2v) is 6.64. The molecule has 1 saturated heterocycles. The molecule has 2 aromatic rings. The number of nitrogens with one attached hydrogen (secondary N) is 1. The van der Waals surface area contributed by atoms with Gasteiger partial charge in [-0.15, -0.1) is 0 Å². The number of carbonyl (C=O) groups excluding carboxylic acids is 1. The van der Waals surface area contributed by atoms with Crippen molar-refractivity contribution < 1.29 is 19.0 Å². The molecule has 0 radical (unpaired) electrons.